The zero-order valence-electron chi connectivity index (χ0n) is 15.7. The molecule has 8 heteroatoms. The van der Waals surface area contributed by atoms with Crippen molar-refractivity contribution in [2.24, 2.45) is 0 Å². The van der Waals surface area contributed by atoms with E-state index in [1.54, 1.807) is 6.92 Å². The molecule has 2 amide bonds. The van der Waals surface area contributed by atoms with Crippen LogP contribution in [0.15, 0.2) is 24.3 Å². The minimum atomic E-state index is -0.998. The summed E-state index contributed by atoms with van der Waals surface area (Å²) in [5.41, 5.74) is 0.640. The Bertz CT molecular complexity index is 675. The van der Waals surface area contributed by atoms with Crippen molar-refractivity contribution >= 4 is 23.6 Å². The maximum Gasteiger partial charge on any atom is 0.328 e. The highest BCUT2D eigenvalue weighted by Gasteiger charge is 2.27. The van der Waals surface area contributed by atoms with Gasteiger partial charge >= 0.3 is 5.97 Å². The molecule has 0 spiro atoms. The Morgan fingerprint density at radius 3 is 2.22 bits per heavy atom. The van der Waals surface area contributed by atoms with E-state index in [1.807, 2.05) is 0 Å². The number of hydrogen-bond donors (Lipinski definition) is 2. The number of hydrogen-bond acceptors (Lipinski definition) is 5. The Morgan fingerprint density at radius 1 is 1.07 bits per heavy atom. The van der Waals surface area contributed by atoms with Crippen molar-refractivity contribution in [3.8, 4) is 0 Å². The highest BCUT2D eigenvalue weighted by molar-refractivity contribution is 5.90. The van der Waals surface area contributed by atoms with Gasteiger partial charge in [-0.2, -0.15) is 0 Å². The Hall–Kier alpha value is -2.77. The number of benzene rings is 1. The highest BCUT2D eigenvalue weighted by Crippen LogP contribution is 2.08. The van der Waals surface area contributed by atoms with E-state index in [-0.39, 0.29) is 25.0 Å². The quantitative estimate of drug-likeness (QED) is 0.596. The molecule has 1 rings (SSSR count). The number of carbonyl (C=O) groups excluding carboxylic acids is 4. The van der Waals surface area contributed by atoms with Crippen LogP contribution < -0.4 is 10.6 Å². The van der Waals surface area contributed by atoms with E-state index < -0.39 is 35.7 Å². The summed E-state index contributed by atoms with van der Waals surface area (Å²) in [6.07, 6.45) is 0.683. The Morgan fingerprint density at radius 2 is 1.70 bits per heavy atom. The molecule has 148 valence electrons. The normalized spacial score (nSPS) is 12.6. The summed E-state index contributed by atoms with van der Waals surface area (Å²) >= 11 is 0. The van der Waals surface area contributed by atoms with Crippen LogP contribution in [0.2, 0.25) is 0 Å². The van der Waals surface area contributed by atoms with E-state index in [0.29, 0.717) is 12.0 Å². The summed E-state index contributed by atoms with van der Waals surface area (Å²) in [5, 5.41) is 5.05. The van der Waals surface area contributed by atoms with Gasteiger partial charge in [-0.25, -0.2) is 9.18 Å². The second-order valence-corrected chi connectivity index (χ2v) is 6.10. The zero-order chi connectivity index (χ0) is 20.4. The predicted molar refractivity (Wildman–Crippen MR) is 96.2 cm³/mol. The minimum Gasteiger partial charge on any atom is -0.467 e. The van der Waals surface area contributed by atoms with Crippen molar-refractivity contribution in [1.82, 2.24) is 10.6 Å². The maximum absolute atomic E-state index is 13.0. The molecule has 27 heavy (non-hydrogen) atoms. The van der Waals surface area contributed by atoms with Crippen LogP contribution in [0.5, 0.6) is 0 Å². The smallest absolute Gasteiger partial charge is 0.328 e. The number of halogens is 1. The van der Waals surface area contributed by atoms with Gasteiger partial charge in [-0.05, 0) is 24.1 Å². The fraction of sp³-hybridized carbons (Fsp3) is 0.474. The number of ether oxygens (including phenoxy) is 1. The Kier molecular flexibility index (Phi) is 9.12. The molecular formula is C19H25FN2O5. The van der Waals surface area contributed by atoms with Crippen LogP contribution in [0, 0.1) is 5.82 Å². The Balaban J connectivity index is 2.86. The molecule has 0 unspecified atom stereocenters. The number of methoxy groups -OCH3 is 1. The van der Waals surface area contributed by atoms with Crippen molar-refractivity contribution < 1.29 is 28.3 Å². The highest BCUT2D eigenvalue weighted by atomic mass is 19.1. The van der Waals surface area contributed by atoms with Crippen LogP contribution in [-0.2, 0) is 30.3 Å². The van der Waals surface area contributed by atoms with Crippen LogP contribution in [0.1, 0.15) is 38.7 Å². The van der Waals surface area contributed by atoms with E-state index in [0.717, 1.165) is 0 Å². The average Bonchev–Trinajstić information content (AvgIpc) is 2.64. The molecule has 0 heterocycles. The van der Waals surface area contributed by atoms with Crippen molar-refractivity contribution in [1.29, 1.82) is 0 Å². The van der Waals surface area contributed by atoms with E-state index in [1.165, 1.54) is 38.3 Å². The van der Waals surface area contributed by atoms with Gasteiger partial charge in [-0.15, -0.1) is 0 Å². The van der Waals surface area contributed by atoms with Crippen LogP contribution in [0.25, 0.3) is 0 Å². The van der Waals surface area contributed by atoms with E-state index in [4.69, 9.17) is 0 Å². The summed E-state index contributed by atoms with van der Waals surface area (Å²) < 4.78 is 17.7. The number of amides is 2. The largest absolute Gasteiger partial charge is 0.467 e. The van der Waals surface area contributed by atoms with E-state index >= 15 is 0 Å². The fourth-order valence-electron chi connectivity index (χ4n) is 2.46. The molecule has 1 aromatic rings. The molecule has 0 saturated heterocycles. The van der Waals surface area contributed by atoms with E-state index in [2.05, 4.69) is 15.4 Å². The first-order chi connectivity index (χ1) is 12.8. The molecule has 0 saturated carbocycles. The van der Waals surface area contributed by atoms with Gasteiger partial charge in [-0.1, -0.05) is 19.1 Å². The number of rotatable bonds is 10. The molecule has 1 aromatic carbocycles. The van der Waals surface area contributed by atoms with Crippen molar-refractivity contribution in [3.63, 3.8) is 0 Å². The second-order valence-electron chi connectivity index (χ2n) is 6.10. The first-order valence-electron chi connectivity index (χ1n) is 8.68. The molecule has 2 N–H and O–H groups in total. The van der Waals surface area contributed by atoms with Gasteiger partial charge in [0.25, 0.3) is 0 Å². The van der Waals surface area contributed by atoms with Gasteiger partial charge in [0.05, 0.1) is 7.11 Å². The third-order valence-corrected chi connectivity index (χ3v) is 3.96. The molecule has 0 aliphatic heterocycles. The summed E-state index contributed by atoms with van der Waals surface area (Å²) in [6.45, 7) is 2.98. The molecule has 2 atom stereocenters. The lowest BCUT2D eigenvalue weighted by Gasteiger charge is -2.22. The van der Waals surface area contributed by atoms with Gasteiger partial charge in [-0.3, -0.25) is 14.4 Å². The van der Waals surface area contributed by atoms with Crippen molar-refractivity contribution in [2.45, 2.75) is 51.6 Å². The van der Waals surface area contributed by atoms with Crippen molar-refractivity contribution in [3.05, 3.63) is 35.6 Å². The SMILES string of the molecule is CCC(=O)CC[C@@H](NC(=O)[C@@H](Cc1ccc(F)cc1)NC(C)=O)C(=O)OC. The van der Waals surface area contributed by atoms with Crippen LogP contribution >= 0.6 is 0 Å². The monoisotopic (exact) mass is 380 g/mol. The second kappa shape index (κ2) is 11.1. The predicted octanol–water partition coefficient (Wildman–Crippen LogP) is 1.29. The zero-order valence-corrected chi connectivity index (χ0v) is 15.7. The summed E-state index contributed by atoms with van der Waals surface area (Å²) in [7, 11) is 1.19. The number of ketones is 1. The topological polar surface area (TPSA) is 102 Å². The van der Waals surface area contributed by atoms with Gasteiger partial charge < -0.3 is 15.4 Å². The molecule has 0 aliphatic rings. The standard InChI is InChI=1S/C19H25FN2O5/c1-4-15(24)9-10-16(19(26)27-3)22-18(25)17(21-12(2)23)11-13-5-7-14(20)8-6-13/h5-8,16-17H,4,9-11H2,1-3H3,(H,21,23)(H,22,25)/t16-,17-/m1/s1. The lowest BCUT2D eigenvalue weighted by atomic mass is 10.0. The van der Waals surface area contributed by atoms with Crippen molar-refractivity contribution in [2.75, 3.05) is 7.11 Å². The van der Waals surface area contributed by atoms with Crippen LogP contribution in [0.3, 0.4) is 0 Å². The van der Waals surface area contributed by atoms with Gasteiger partial charge in [0.1, 0.15) is 23.7 Å². The van der Waals surface area contributed by atoms with E-state index in [9.17, 15) is 23.6 Å². The van der Waals surface area contributed by atoms with Crippen LogP contribution in [0.4, 0.5) is 4.39 Å². The van der Waals surface area contributed by atoms with Gasteiger partial charge in [0, 0.05) is 26.2 Å². The molecule has 0 radical (unpaired) electrons. The molecule has 0 aromatic heterocycles. The molecule has 7 nitrogen and oxygen atoms in total. The molecule has 0 aliphatic carbocycles. The molecule has 0 fully saturated rings. The lowest BCUT2D eigenvalue weighted by molar-refractivity contribution is -0.145. The molecular weight excluding hydrogens is 355 g/mol. The summed E-state index contributed by atoms with van der Waals surface area (Å²) in [4.78, 5) is 47.5. The Labute approximate surface area is 157 Å². The minimum absolute atomic E-state index is 0.0390. The molecule has 0 bridgehead atoms. The third kappa shape index (κ3) is 7.98. The van der Waals surface area contributed by atoms with Gasteiger partial charge in [0.2, 0.25) is 11.8 Å². The maximum atomic E-state index is 13.0. The first kappa shape index (κ1) is 22.3. The first-order valence-corrected chi connectivity index (χ1v) is 8.68. The number of Topliss-reactive ketones (excluding diaryl/α,β-unsaturated/α-hetero) is 1. The average molecular weight is 380 g/mol. The number of carbonyl (C=O) groups is 4. The summed E-state index contributed by atoms with van der Waals surface area (Å²) in [6, 6.07) is 3.58. The third-order valence-electron chi connectivity index (χ3n) is 3.96. The lowest BCUT2D eigenvalue weighted by Crippen LogP contribution is -2.52. The number of nitrogens with one attached hydrogen (secondary N) is 2. The fourth-order valence-corrected chi connectivity index (χ4v) is 2.46. The van der Waals surface area contributed by atoms with Gasteiger partial charge in [0.15, 0.2) is 0 Å². The summed E-state index contributed by atoms with van der Waals surface area (Å²) in [5.74, 6) is -2.13. The number of esters is 1. The van der Waals surface area contributed by atoms with Crippen LogP contribution in [-0.4, -0.2) is 42.8 Å².